The Balaban J connectivity index is 1.93. The topological polar surface area (TPSA) is 93.3 Å². The number of benzene rings is 1. The summed E-state index contributed by atoms with van der Waals surface area (Å²) in [5, 5.41) is 0.797. The number of aromatic amines is 1. The molecular formula is C16H13Cl2F2N3O4S. The number of hydrogen-bond acceptors (Lipinski definition) is 5. The number of ether oxygens (including phenoxy) is 2. The Morgan fingerprint density at radius 3 is 2.75 bits per heavy atom. The number of nitrogens with one attached hydrogen (secondary N) is 2. The third-order valence-corrected chi connectivity index (χ3v) is 5.84. The van der Waals surface area contributed by atoms with Gasteiger partial charge in [0.25, 0.3) is 16.4 Å². The fourth-order valence-corrected chi connectivity index (χ4v) is 3.98. The molecule has 0 aliphatic heterocycles. The molecule has 0 aliphatic rings. The molecule has 0 saturated carbocycles. The number of H-pyrrole nitrogens is 1. The third-order valence-electron chi connectivity index (χ3n) is 3.65. The maximum Gasteiger partial charge on any atom is 0.272 e. The average molecular weight is 452 g/mol. The van der Waals surface area contributed by atoms with E-state index in [-0.39, 0.29) is 32.3 Å². The van der Waals surface area contributed by atoms with Gasteiger partial charge in [-0.25, -0.2) is 22.2 Å². The highest BCUT2D eigenvalue weighted by molar-refractivity contribution is 7.93. The van der Waals surface area contributed by atoms with Crippen LogP contribution in [0.5, 0.6) is 11.5 Å². The molecule has 2 aromatic heterocycles. The van der Waals surface area contributed by atoms with Gasteiger partial charge in [-0.3, -0.25) is 4.72 Å². The number of halogens is 4. The molecule has 0 bridgehead atoms. The first-order valence-electron chi connectivity index (χ1n) is 7.66. The predicted octanol–water partition coefficient (Wildman–Crippen LogP) is 4.32. The van der Waals surface area contributed by atoms with E-state index in [4.69, 9.17) is 32.7 Å². The molecule has 0 amide bonds. The van der Waals surface area contributed by atoms with Crippen molar-refractivity contribution in [1.29, 1.82) is 0 Å². The first kappa shape index (κ1) is 20.4. The first-order chi connectivity index (χ1) is 13.2. The molecule has 0 aliphatic carbocycles. The Bertz CT molecular complexity index is 1120. The fraction of sp³-hybridized carbons (Fsp3) is 0.188. The molecule has 0 spiro atoms. The number of sulfonamides is 1. The number of hydrogen-bond donors (Lipinski definition) is 2. The van der Waals surface area contributed by atoms with Crippen molar-refractivity contribution in [2.75, 3.05) is 18.4 Å². The molecule has 12 heteroatoms. The largest absolute Gasteiger partial charge is 0.493 e. The Hall–Kier alpha value is -2.30. The predicted molar refractivity (Wildman–Crippen MR) is 101 cm³/mol. The minimum atomic E-state index is -4.08. The molecule has 0 fully saturated rings. The molecule has 0 atom stereocenters. The van der Waals surface area contributed by atoms with Crippen LogP contribution >= 0.6 is 23.2 Å². The normalized spacial score (nSPS) is 11.8. The molecule has 3 rings (SSSR count). The van der Waals surface area contributed by atoms with Crippen LogP contribution in [0.4, 0.5) is 14.6 Å². The van der Waals surface area contributed by atoms with Gasteiger partial charge in [-0.05, 0) is 12.1 Å². The summed E-state index contributed by atoms with van der Waals surface area (Å²) in [6, 6.07) is 4.24. The maximum atomic E-state index is 12.8. The molecule has 2 N–H and O–H groups in total. The lowest BCUT2D eigenvalue weighted by Gasteiger charge is -2.12. The summed E-state index contributed by atoms with van der Waals surface area (Å²) in [5.41, 5.74) is 0.366. The van der Waals surface area contributed by atoms with Crippen LogP contribution in [0.1, 0.15) is 0 Å². The zero-order chi connectivity index (χ0) is 20.5. The smallest absolute Gasteiger partial charge is 0.272 e. The van der Waals surface area contributed by atoms with Gasteiger partial charge in [0.15, 0.2) is 11.6 Å². The average Bonchev–Trinajstić information content (AvgIpc) is 3.09. The molecule has 0 saturated heterocycles. The number of methoxy groups -OCH3 is 1. The van der Waals surface area contributed by atoms with Crippen LogP contribution in [-0.2, 0) is 10.0 Å². The van der Waals surface area contributed by atoms with Gasteiger partial charge in [0, 0.05) is 17.6 Å². The minimum absolute atomic E-state index is 0.00346. The maximum absolute atomic E-state index is 12.8. The van der Waals surface area contributed by atoms with Gasteiger partial charge in [0.2, 0.25) is 0 Å². The summed E-state index contributed by atoms with van der Waals surface area (Å²) >= 11 is 12.0. The van der Waals surface area contributed by atoms with Crippen molar-refractivity contribution in [1.82, 2.24) is 9.97 Å². The van der Waals surface area contributed by atoms with Crippen molar-refractivity contribution in [2.24, 2.45) is 0 Å². The van der Waals surface area contributed by atoms with Gasteiger partial charge in [-0.1, -0.05) is 23.2 Å². The van der Waals surface area contributed by atoms with Crippen molar-refractivity contribution in [3.63, 3.8) is 0 Å². The van der Waals surface area contributed by atoms with Gasteiger partial charge >= 0.3 is 0 Å². The van der Waals surface area contributed by atoms with Crippen LogP contribution in [-0.4, -0.2) is 38.5 Å². The molecule has 28 heavy (non-hydrogen) atoms. The molecular weight excluding hydrogens is 439 g/mol. The van der Waals surface area contributed by atoms with E-state index in [1.165, 1.54) is 31.5 Å². The van der Waals surface area contributed by atoms with E-state index in [9.17, 15) is 17.2 Å². The van der Waals surface area contributed by atoms with Gasteiger partial charge in [-0.15, -0.1) is 0 Å². The second-order valence-corrected chi connectivity index (χ2v) is 7.90. The minimum Gasteiger partial charge on any atom is -0.493 e. The Labute approximate surface area is 168 Å². The molecule has 3 aromatic rings. The van der Waals surface area contributed by atoms with Crippen molar-refractivity contribution in [2.45, 2.75) is 11.3 Å². The van der Waals surface area contributed by atoms with Crippen molar-refractivity contribution < 1.29 is 26.7 Å². The number of alkyl halides is 2. The number of nitrogens with zero attached hydrogens (tertiary/aromatic N) is 1. The standard InChI is InChI=1S/C16H13Cl2F2N3O4S/c1-26-11-4-8(27-7-13(19)20)5-22-16(11)23-28(24,25)12-6-21-15-9(12)2-3-10(17)14(15)18/h2-6,13,21H,7H2,1H3,(H,22,23). The number of rotatable bonds is 7. The number of aromatic nitrogens is 2. The van der Waals surface area contributed by atoms with Crippen molar-refractivity contribution >= 4 is 49.9 Å². The summed E-state index contributed by atoms with van der Waals surface area (Å²) < 4.78 is 62.3. The number of pyridine rings is 1. The molecule has 7 nitrogen and oxygen atoms in total. The Kier molecular flexibility index (Phi) is 5.82. The summed E-state index contributed by atoms with van der Waals surface area (Å²) in [4.78, 5) is 6.59. The Morgan fingerprint density at radius 2 is 2.07 bits per heavy atom. The van der Waals surface area contributed by atoms with Gasteiger partial charge in [-0.2, -0.15) is 0 Å². The SMILES string of the molecule is COc1cc(OCC(F)F)cnc1NS(=O)(=O)c1c[nH]c2c(Cl)c(Cl)ccc12. The van der Waals surface area contributed by atoms with Crippen LogP contribution < -0.4 is 14.2 Å². The van der Waals surface area contributed by atoms with E-state index in [0.29, 0.717) is 10.9 Å². The lowest BCUT2D eigenvalue weighted by molar-refractivity contribution is 0.0816. The summed E-state index contributed by atoms with van der Waals surface area (Å²) in [5.74, 6) is -0.133. The van der Waals surface area contributed by atoms with Crippen LogP contribution in [0.25, 0.3) is 10.9 Å². The van der Waals surface area contributed by atoms with Crippen molar-refractivity contribution in [3.05, 3.63) is 40.6 Å². The van der Waals surface area contributed by atoms with Crippen molar-refractivity contribution in [3.8, 4) is 11.5 Å². The fourth-order valence-electron chi connectivity index (χ4n) is 2.41. The first-order valence-corrected chi connectivity index (χ1v) is 9.89. The van der Waals surface area contributed by atoms with E-state index in [1.807, 2.05) is 0 Å². The van der Waals surface area contributed by atoms with Crippen LogP contribution in [0, 0.1) is 0 Å². The molecule has 0 radical (unpaired) electrons. The number of fused-ring (bicyclic) bond motifs is 1. The second-order valence-electron chi connectivity index (χ2n) is 5.47. The zero-order valence-electron chi connectivity index (χ0n) is 14.2. The van der Waals surface area contributed by atoms with Gasteiger partial charge in [0.05, 0.1) is 28.9 Å². The quantitative estimate of drug-likeness (QED) is 0.557. The summed E-state index contributed by atoms with van der Waals surface area (Å²) in [7, 11) is -2.81. The summed E-state index contributed by atoms with van der Waals surface area (Å²) in [6.07, 6.45) is -0.289. The van der Waals surface area contributed by atoms with Crippen LogP contribution in [0.3, 0.4) is 0 Å². The number of anilines is 1. The molecule has 2 heterocycles. The van der Waals surface area contributed by atoms with E-state index in [1.54, 1.807) is 0 Å². The van der Waals surface area contributed by atoms with Gasteiger partial charge < -0.3 is 14.5 Å². The second kappa shape index (κ2) is 7.98. The van der Waals surface area contributed by atoms with Crippen LogP contribution in [0.2, 0.25) is 10.0 Å². The van der Waals surface area contributed by atoms with E-state index < -0.39 is 23.1 Å². The monoisotopic (exact) mass is 451 g/mol. The summed E-state index contributed by atoms with van der Waals surface area (Å²) in [6.45, 7) is -0.825. The van der Waals surface area contributed by atoms with E-state index in [2.05, 4.69) is 14.7 Å². The zero-order valence-corrected chi connectivity index (χ0v) is 16.5. The lowest BCUT2D eigenvalue weighted by atomic mass is 10.2. The van der Waals surface area contributed by atoms with E-state index in [0.717, 1.165) is 6.20 Å². The highest BCUT2D eigenvalue weighted by Gasteiger charge is 2.23. The molecule has 0 unspecified atom stereocenters. The van der Waals surface area contributed by atoms with Crippen LogP contribution in [0.15, 0.2) is 35.5 Å². The third kappa shape index (κ3) is 4.08. The highest BCUT2D eigenvalue weighted by atomic mass is 35.5. The molecule has 150 valence electrons. The van der Waals surface area contributed by atoms with E-state index >= 15 is 0 Å². The Morgan fingerprint density at radius 1 is 1.32 bits per heavy atom. The lowest BCUT2D eigenvalue weighted by Crippen LogP contribution is -2.15. The highest BCUT2D eigenvalue weighted by Crippen LogP contribution is 2.35. The molecule has 1 aromatic carbocycles. The van der Waals surface area contributed by atoms with Gasteiger partial charge in [0.1, 0.15) is 17.3 Å².